The lowest BCUT2D eigenvalue weighted by Gasteiger charge is -2.06. The van der Waals surface area contributed by atoms with Crippen LogP contribution >= 0.6 is 0 Å². The molecule has 1 N–H and O–H groups in total. The molecule has 5 heteroatoms. The first-order valence-electron chi connectivity index (χ1n) is 6.75. The molecule has 0 atom stereocenters. The first kappa shape index (κ1) is 16.0. The molecule has 0 aliphatic heterocycles. The van der Waals surface area contributed by atoms with Gasteiger partial charge in [0.05, 0.1) is 18.8 Å². The Morgan fingerprint density at radius 1 is 1.10 bits per heavy atom. The number of aromatic carboxylic acids is 1. The highest BCUT2D eigenvalue weighted by atomic mass is 16.5. The van der Waals surface area contributed by atoms with Gasteiger partial charge < -0.3 is 14.6 Å². The van der Waals surface area contributed by atoms with Crippen LogP contribution in [0.3, 0.4) is 0 Å². The summed E-state index contributed by atoms with van der Waals surface area (Å²) in [5.74, 6) is -0.450. The van der Waals surface area contributed by atoms with Crippen LogP contribution in [0.15, 0.2) is 24.3 Å². The van der Waals surface area contributed by atoms with E-state index in [0.717, 1.165) is 19.3 Å². The smallest absolute Gasteiger partial charge is 0.335 e. The van der Waals surface area contributed by atoms with Gasteiger partial charge in [-0.1, -0.05) is 0 Å². The van der Waals surface area contributed by atoms with Crippen molar-refractivity contribution in [2.24, 2.45) is 0 Å². The lowest BCUT2D eigenvalue weighted by atomic mass is 10.2. The van der Waals surface area contributed by atoms with Crippen LogP contribution in [0, 0.1) is 0 Å². The predicted octanol–water partition coefficient (Wildman–Crippen LogP) is 2.89. The third-order valence-electron chi connectivity index (χ3n) is 2.70. The Morgan fingerprint density at radius 2 is 1.80 bits per heavy atom. The quantitative estimate of drug-likeness (QED) is 0.556. The number of hydrogen-bond acceptors (Lipinski definition) is 4. The lowest BCUT2D eigenvalue weighted by molar-refractivity contribution is -0.143. The zero-order valence-corrected chi connectivity index (χ0v) is 11.6. The third kappa shape index (κ3) is 6.22. The highest BCUT2D eigenvalue weighted by Gasteiger charge is 2.03. The summed E-state index contributed by atoms with van der Waals surface area (Å²) in [5.41, 5.74) is 0.242. The van der Waals surface area contributed by atoms with Gasteiger partial charge in [-0.25, -0.2) is 4.79 Å². The molecule has 0 spiro atoms. The number of ether oxygens (including phenoxy) is 2. The number of esters is 1. The maximum atomic E-state index is 11.1. The normalized spacial score (nSPS) is 10.1. The molecule has 110 valence electrons. The summed E-state index contributed by atoms with van der Waals surface area (Å²) in [5, 5.41) is 8.75. The minimum Gasteiger partial charge on any atom is -0.494 e. The molecular weight excluding hydrogens is 260 g/mol. The predicted molar refractivity (Wildman–Crippen MR) is 74.0 cm³/mol. The summed E-state index contributed by atoms with van der Waals surface area (Å²) in [6, 6.07) is 6.31. The Kier molecular flexibility index (Phi) is 7.17. The average molecular weight is 280 g/mol. The van der Waals surface area contributed by atoms with Crippen molar-refractivity contribution in [1.82, 2.24) is 0 Å². The van der Waals surface area contributed by atoms with E-state index in [1.807, 2.05) is 0 Å². The van der Waals surface area contributed by atoms with Crippen molar-refractivity contribution in [2.75, 3.05) is 13.2 Å². The van der Waals surface area contributed by atoms with Crippen molar-refractivity contribution < 1.29 is 24.2 Å². The summed E-state index contributed by atoms with van der Waals surface area (Å²) >= 11 is 0. The molecular formula is C15H20O5. The van der Waals surface area contributed by atoms with Crippen molar-refractivity contribution in [3.8, 4) is 5.75 Å². The van der Waals surface area contributed by atoms with E-state index in [1.165, 1.54) is 12.1 Å². The number of carboxylic acid groups (broad SMARTS) is 1. The standard InChI is InChI=1S/C15H20O5/c1-2-19-14(16)6-4-3-5-11-20-13-9-7-12(8-10-13)15(17)18/h7-10H,2-6,11H2,1H3,(H,17,18). The second kappa shape index (κ2) is 8.96. The van der Waals surface area contributed by atoms with Gasteiger partial charge in [-0.15, -0.1) is 0 Å². The van der Waals surface area contributed by atoms with Gasteiger partial charge in [0, 0.05) is 6.42 Å². The van der Waals surface area contributed by atoms with Crippen LogP contribution in [0.2, 0.25) is 0 Å². The lowest BCUT2D eigenvalue weighted by Crippen LogP contribution is -2.04. The fourth-order valence-corrected chi connectivity index (χ4v) is 1.67. The molecule has 0 aliphatic carbocycles. The molecule has 0 amide bonds. The summed E-state index contributed by atoms with van der Waals surface area (Å²) < 4.78 is 10.3. The van der Waals surface area contributed by atoms with Crippen molar-refractivity contribution in [2.45, 2.75) is 32.6 Å². The number of unbranched alkanes of at least 4 members (excludes halogenated alkanes) is 2. The third-order valence-corrected chi connectivity index (χ3v) is 2.70. The molecule has 20 heavy (non-hydrogen) atoms. The second-order valence-electron chi connectivity index (χ2n) is 4.29. The molecule has 0 aliphatic rings. The second-order valence-corrected chi connectivity index (χ2v) is 4.29. The van der Waals surface area contributed by atoms with E-state index >= 15 is 0 Å². The summed E-state index contributed by atoms with van der Waals surface area (Å²) in [6.07, 6.45) is 2.98. The fraction of sp³-hybridized carbons (Fsp3) is 0.467. The van der Waals surface area contributed by atoms with E-state index in [0.29, 0.717) is 25.4 Å². The molecule has 0 fully saturated rings. The summed E-state index contributed by atoms with van der Waals surface area (Å²) in [4.78, 5) is 21.8. The van der Waals surface area contributed by atoms with E-state index in [-0.39, 0.29) is 11.5 Å². The number of benzene rings is 1. The zero-order valence-electron chi connectivity index (χ0n) is 11.6. The average Bonchev–Trinajstić information content (AvgIpc) is 2.43. The van der Waals surface area contributed by atoms with E-state index in [2.05, 4.69) is 0 Å². The molecule has 5 nitrogen and oxygen atoms in total. The summed E-state index contributed by atoms with van der Waals surface area (Å²) in [6.45, 7) is 2.77. The van der Waals surface area contributed by atoms with Crippen LogP contribution in [0.25, 0.3) is 0 Å². The van der Waals surface area contributed by atoms with Gasteiger partial charge in [-0.3, -0.25) is 4.79 Å². The van der Waals surface area contributed by atoms with Crippen LogP contribution in [0.4, 0.5) is 0 Å². The Hall–Kier alpha value is -2.04. The van der Waals surface area contributed by atoms with Crippen molar-refractivity contribution in [1.29, 1.82) is 0 Å². The van der Waals surface area contributed by atoms with Gasteiger partial charge in [0.25, 0.3) is 0 Å². The SMILES string of the molecule is CCOC(=O)CCCCCOc1ccc(C(=O)O)cc1. The Balaban J connectivity index is 2.12. The minimum atomic E-state index is -0.949. The number of rotatable bonds is 9. The molecule has 1 aromatic rings. The van der Waals surface area contributed by atoms with Gasteiger partial charge in [-0.05, 0) is 50.5 Å². The highest BCUT2D eigenvalue weighted by Crippen LogP contribution is 2.13. The van der Waals surface area contributed by atoms with Crippen LogP contribution < -0.4 is 4.74 Å². The van der Waals surface area contributed by atoms with Gasteiger partial charge >= 0.3 is 11.9 Å². The van der Waals surface area contributed by atoms with E-state index in [9.17, 15) is 9.59 Å². The Labute approximate surface area is 118 Å². The van der Waals surface area contributed by atoms with Gasteiger partial charge in [-0.2, -0.15) is 0 Å². The molecule has 1 rings (SSSR count). The number of carbonyl (C=O) groups excluding carboxylic acids is 1. The van der Waals surface area contributed by atoms with Gasteiger partial charge in [0.15, 0.2) is 0 Å². The van der Waals surface area contributed by atoms with E-state index in [1.54, 1.807) is 19.1 Å². The largest absolute Gasteiger partial charge is 0.494 e. The first-order valence-corrected chi connectivity index (χ1v) is 6.75. The monoisotopic (exact) mass is 280 g/mol. The van der Waals surface area contributed by atoms with Crippen LogP contribution in [0.5, 0.6) is 5.75 Å². The molecule has 0 aromatic heterocycles. The minimum absolute atomic E-state index is 0.155. The maximum Gasteiger partial charge on any atom is 0.335 e. The number of carboxylic acids is 1. The van der Waals surface area contributed by atoms with Gasteiger partial charge in [0.1, 0.15) is 5.75 Å². The number of hydrogen-bond donors (Lipinski definition) is 1. The molecule has 1 aromatic carbocycles. The Morgan fingerprint density at radius 3 is 2.40 bits per heavy atom. The molecule has 0 saturated carbocycles. The highest BCUT2D eigenvalue weighted by molar-refractivity contribution is 5.87. The molecule has 0 radical (unpaired) electrons. The number of carbonyl (C=O) groups is 2. The van der Waals surface area contributed by atoms with Crippen molar-refractivity contribution in [3.05, 3.63) is 29.8 Å². The van der Waals surface area contributed by atoms with Crippen LogP contribution in [-0.2, 0) is 9.53 Å². The van der Waals surface area contributed by atoms with Crippen molar-refractivity contribution >= 4 is 11.9 Å². The maximum absolute atomic E-state index is 11.1. The molecule has 0 heterocycles. The summed E-state index contributed by atoms with van der Waals surface area (Å²) in [7, 11) is 0. The van der Waals surface area contributed by atoms with Crippen LogP contribution in [0.1, 0.15) is 43.0 Å². The topological polar surface area (TPSA) is 72.8 Å². The zero-order chi connectivity index (χ0) is 14.8. The van der Waals surface area contributed by atoms with Crippen molar-refractivity contribution in [3.63, 3.8) is 0 Å². The van der Waals surface area contributed by atoms with Crippen LogP contribution in [-0.4, -0.2) is 30.3 Å². The first-order chi connectivity index (χ1) is 9.63. The molecule has 0 saturated heterocycles. The van der Waals surface area contributed by atoms with Gasteiger partial charge in [0.2, 0.25) is 0 Å². The van der Waals surface area contributed by atoms with E-state index < -0.39 is 5.97 Å². The fourth-order valence-electron chi connectivity index (χ4n) is 1.67. The molecule has 0 bridgehead atoms. The Bertz CT molecular complexity index is 424. The molecule has 0 unspecified atom stereocenters. The van der Waals surface area contributed by atoms with E-state index in [4.69, 9.17) is 14.6 Å².